The first-order chi connectivity index (χ1) is 26.3. The summed E-state index contributed by atoms with van der Waals surface area (Å²) in [6.45, 7) is 15.2. The number of H-pyrrole nitrogens is 1. The number of carbonyl (C=O) groups is 2. The van der Waals surface area contributed by atoms with E-state index in [0.717, 1.165) is 76.7 Å². The molecule has 0 bridgehead atoms. The van der Waals surface area contributed by atoms with Crippen LogP contribution in [0.4, 0.5) is 0 Å². The molecule has 3 fully saturated rings. The normalized spacial score (nSPS) is 23.4. The van der Waals surface area contributed by atoms with E-state index in [-0.39, 0.29) is 11.9 Å². The third-order valence-corrected chi connectivity index (χ3v) is 11.4. The van der Waals surface area contributed by atoms with Gasteiger partial charge in [-0.05, 0) is 131 Å². The lowest BCUT2D eigenvalue weighted by molar-refractivity contribution is -0.119. The van der Waals surface area contributed by atoms with Gasteiger partial charge in [0.25, 0.3) is 5.91 Å². The zero-order valence-electron chi connectivity index (χ0n) is 34.0. The van der Waals surface area contributed by atoms with Crippen molar-refractivity contribution in [1.29, 1.82) is 5.26 Å². The lowest BCUT2D eigenvalue weighted by atomic mass is 9.69. The maximum Gasteiger partial charge on any atom is 0.253 e. The number of aromatic nitrogens is 4. The summed E-state index contributed by atoms with van der Waals surface area (Å²) in [7, 11) is 4.24. The number of tetrazole rings is 1. The third kappa shape index (κ3) is 9.93. The van der Waals surface area contributed by atoms with Crippen LogP contribution in [-0.2, 0) is 23.1 Å². The van der Waals surface area contributed by atoms with E-state index in [9.17, 15) is 9.59 Å². The van der Waals surface area contributed by atoms with E-state index in [0.29, 0.717) is 23.7 Å². The highest BCUT2D eigenvalue weighted by molar-refractivity contribution is 5.94. The molecule has 294 valence electrons. The predicted molar refractivity (Wildman–Crippen MR) is 215 cm³/mol. The number of piperidine rings is 2. The van der Waals surface area contributed by atoms with E-state index in [1.54, 1.807) is 4.90 Å². The van der Waals surface area contributed by atoms with Crippen LogP contribution in [0.5, 0.6) is 0 Å². The van der Waals surface area contributed by atoms with Gasteiger partial charge in [0.15, 0.2) is 5.82 Å². The molecule has 0 spiro atoms. The zero-order chi connectivity index (χ0) is 39.1. The van der Waals surface area contributed by atoms with Gasteiger partial charge in [-0.15, -0.1) is 10.2 Å². The second kappa shape index (κ2) is 21.1. The molecule has 0 radical (unpaired) electrons. The van der Waals surface area contributed by atoms with Crippen molar-refractivity contribution in [3.63, 3.8) is 0 Å². The monoisotopic (exact) mass is 740 g/mol. The summed E-state index contributed by atoms with van der Waals surface area (Å²) >= 11 is 0. The molecule has 5 unspecified atom stereocenters. The van der Waals surface area contributed by atoms with Crippen molar-refractivity contribution >= 4 is 12.3 Å². The maximum atomic E-state index is 13.3. The fourth-order valence-corrected chi connectivity index (χ4v) is 8.51. The highest BCUT2D eigenvalue weighted by Crippen LogP contribution is 2.52. The Bertz CT molecular complexity index is 1630. The van der Waals surface area contributed by atoms with E-state index in [4.69, 9.17) is 5.26 Å². The lowest BCUT2D eigenvalue weighted by Crippen LogP contribution is -2.37. The first-order valence-corrected chi connectivity index (χ1v) is 20.5. The number of rotatable bonds is 11. The van der Waals surface area contributed by atoms with E-state index in [2.05, 4.69) is 108 Å². The summed E-state index contributed by atoms with van der Waals surface area (Å²) in [5, 5.41) is 27.8. The minimum atomic E-state index is -0.524. The van der Waals surface area contributed by atoms with Crippen molar-refractivity contribution in [1.82, 2.24) is 40.6 Å². The first kappa shape index (κ1) is 42.6. The number of aromatic amines is 1. The number of fused-ring (bicyclic) bond motifs is 3. The molecule has 1 saturated carbocycles. The summed E-state index contributed by atoms with van der Waals surface area (Å²) in [6, 6.07) is 17.3. The van der Waals surface area contributed by atoms with Crippen molar-refractivity contribution in [2.75, 3.05) is 46.8 Å². The molecule has 54 heavy (non-hydrogen) atoms. The zero-order valence-corrected chi connectivity index (χ0v) is 34.0. The standard InChI is InChI=1S/C26H32N6O.C8H10N2O.C7H17N.C2H6/c1-2-27-15-14-26(25-28-30-31-29-25)22-9-5-4-8-19(22)10-11-20-18-21(12-13-23(20)26)24(33)32-16-6-3-7-17-32;1-5-7-2-6(3-9)10(4-11)8(5)7;1-4-5-6-7-8(2)3;1-2/h4-5,8-9,12-13,18,27H,2-3,6-7,10-11,14-17H2,1H3,(H,28,29,30,31);4-8H,2H2,1H3;4-7H2,1-3H3;1-2H3. The van der Waals surface area contributed by atoms with Crippen LogP contribution in [-0.4, -0.2) is 107 Å². The molecule has 3 heterocycles. The second-order valence-electron chi connectivity index (χ2n) is 15.1. The topological polar surface area (TPSA) is 134 Å². The number of carbonyl (C=O) groups excluding carboxylic acids is 2. The number of nitriles is 1. The van der Waals surface area contributed by atoms with Gasteiger partial charge in [-0.1, -0.05) is 83.0 Å². The van der Waals surface area contributed by atoms with Crippen LogP contribution >= 0.6 is 0 Å². The third-order valence-electron chi connectivity index (χ3n) is 11.4. The number of nitrogens with zero attached hydrogens (tertiary/aromatic N) is 7. The molecule has 2 aliphatic carbocycles. The molecule has 1 aromatic heterocycles. The van der Waals surface area contributed by atoms with Crippen molar-refractivity contribution in [2.45, 2.75) is 116 Å². The van der Waals surface area contributed by atoms with Gasteiger partial charge in [0.1, 0.15) is 6.04 Å². The number of unbranched alkanes of at least 4 members (excludes halogenated alkanes) is 2. The van der Waals surface area contributed by atoms with Crippen LogP contribution in [0.1, 0.15) is 124 Å². The molecule has 3 aromatic rings. The molecule has 2 amide bonds. The minimum absolute atomic E-state index is 0.140. The number of hydrogen-bond donors (Lipinski definition) is 2. The Morgan fingerprint density at radius 1 is 1.06 bits per heavy atom. The predicted octanol–water partition coefficient (Wildman–Crippen LogP) is 6.40. The van der Waals surface area contributed by atoms with Gasteiger partial charge in [0.2, 0.25) is 6.41 Å². The van der Waals surface area contributed by atoms with Crippen LogP contribution in [0.3, 0.4) is 0 Å². The Morgan fingerprint density at radius 3 is 2.43 bits per heavy atom. The fraction of sp³-hybridized carbons (Fsp3) is 0.628. The average Bonchev–Trinajstić information content (AvgIpc) is 3.53. The molecule has 2 saturated heterocycles. The van der Waals surface area contributed by atoms with Gasteiger partial charge >= 0.3 is 0 Å². The van der Waals surface area contributed by atoms with Gasteiger partial charge in [-0.25, -0.2) is 0 Å². The van der Waals surface area contributed by atoms with Gasteiger partial charge in [0, 0.05) is 24.7 Å². The molecule has 2 aromatic carbocycles. The molecule has 4 aliphatic rings. The second-order valence-corrected chi connectivity index (χ2v) is 15.1. The summed E-state index contributed by atoms with van der Waals surface area (Å²) in [6.07, 6.45) is 11.8. The SMILES string of the molecule is CC.CC1C2CC(C#N)N(C=O)C12.CCCCCN(C)C.CCNCCC1(c2nn[nH]n2)c2ccccc2CCc2cc(C(=O)N3CCCCC3)ccc21. The lowest BCUT2D eigenvalue weighted by Gasteiger charge is -2.34. The van der Waals surface area contributed by atoms with E-state index < -0.39 is 5.41 Å². The van der Waals surface area contributed by atoms with Crippen molar-refractivity contribution < 1.29 is 9.59 Å². The minimum Gasteiger partial charge on any atom is -0.339 e. The summed E-state index contributed by atoms with van der Waals surface area (Å²) < 4.78 is 0. The van der Waals surface area contributed by atoms with E-state index in [1.807, 2.05) is 24.8 Å². The Labute approximate surface area is 324 Å². The Morgan fingerprint density at radius 2 is 1.78 bits per heavy atom. The van der Waals surface area contributed by atoms with Crippen molar-refractivity contribution in [2.24, 2.45) is 11.8 Å². The van der Waals surface area contributed by atoms with Gasteiger partial charge in [-0.3, -0.25) is 9.59 Å². The number of amides is 2. The smallest absolute Gasteiger partial charge is 0.253 e. The summed E-state index contributed by atoms with van der Waals surface area (Å²) in [5.41, 5.74) is 5.19. The number of hydrogen-bond acceptors (Lipinski definition) is 8. The van der Waals surface area contributed by atoms with Crippen molar-refractivity contribution in [3.05, 3.63) is 76.1 Å². The van der Waals surface area contributed by atoms with Gasteiger partial charge in [-0.2, -0.15) is 10.5 Å². The van der Waals surface area contributed by atoms with Crippen LogP contribution in [0.25, 0.3) is 0 Å². The molecule has 2 aliphatic heterocycles. The quantitative estimate of drug-likeness (QED) is 0.171. The molecular weight excluding hydrogens is 675 g/mol. The van der Waals surface area contributed by atoms with Crippen LogP contribution in [0.15, 0.2) is 42.5 Å². The largest absolute Gasteiger partial charge is 0.339 e. The molecule has 2 N–H and O–H groups in total. The Balaban J connectivity index is 0.000000252. The number of nitrogens with one attached hydrogen (secondary N) is 2. The molecule has 11 nitrogen and oxygen atoms in total. The van der Waals surface area contributed by atoms with E-state index in [1.165, 1.54) is 54.5 Å². The number of benzene rings is 2. The highest BCUT2D eigenvalue weighted by Gasteiger charge is 2.58. The van der Waals surface area contributed by atoms with Crippen molar-refractivity contribution in [3.8, 4) is 6.07 Å². The number of likely N-dealkylation sites (tertiary alicyclic amines) is 2. The van der Waals surface area contributed by atoms with Gasteiger partial charge < -0.3 is 20.0 Å². The highest BCUT2D eigenvalue weighted by atomic mass is 16.2. The van der Waals surface area contributed by atoms with Crippen LogP contribution < -0.4 is 5.32 Å². The Kier molecular flexibility index (Phi) is 16.6. The maximum absolute atomic E-state index is 13.3. The fourth-order valence-electron chi connectivity index (χ4n) is 8.51. The molecular formula is C43H65N9O2. The van der Waals surface area contributed by atoms with E-state index >= 15 is 0 Å². The average molecular weight is 740 g/mol. The van der Waals surface area contributed by atoms with Gasteiger partial charge in [0.05, 0.1) is 11.5 Å². The summed E-state index contributed by atoms with van der Waals surface area (Å²) in [5.74, 6) is 2.08. The number of aryl methyl sites for hydroxylation is 2. The van der Waals surface area contributed by atoms with Crippen LogP contribution in [0, 0.1) is 23.2 Å². The molecule has 7 rings (SSSR count). The molecule has 11 heteroatoms. The van der Waals surface area contributed by atoms with Crippen LogP contribution in [0.2, 0.25) is 0 Å². The first-order valence-electron chi connectivity index (χ1n) is 20.5. The molecule has 5 atom stereocenters. The summed E-state index contributed by atoms with van der Waals surface area (Å²) in [4.78, 5) is 29.7. The Hall–Kier alpha value is -4.14.